The molecule has 1 aliphatic heterocycles. The molecule has 3 aromatic carbocycles. The molecular weight excluding hydrogens is 666 g/mol. The van der Waals surface area contributed by atoms with Crippen molar-refractivity contribution in [1.82, 2.24) is 10.4 Å². The molecule has 190 valence electrons. The Hall–Kier alpha value is -2.31. The Morgan fingerprint density at radius 3 is 2.57 bits per heavy atom. The highest BCUT2D eigenvalue weighted by atomic mass is 127. The number of benzene rings is 3. The van der Waals surface area contributed by atoms with Crippen molar-refractivity contribution in [1.29, 1.82) is 0 Å². The van der Waals surface area contributed by atoms with E-state index in [0.717, 1.165) is 31.5 Å². The van der Waals surface area contributed by atoms with Gasteiger partial charge in [-0.05, 0) is 101 Å². The fourth-order valence-corrected chi connectivity index (χ4v) is 5.79. The van der Waals surface area contributed by atoms with E-state index in [9.17, 15) is 9.59 Å². The SMILES string of the molecule is COc1cc(/C=C2/SC(=S)N(NC(=O)c3ccc(C)cc3Cl)C2=O)cc(I)c1OCc1ccc(Cl)cc1. The molecule has 0 spiro atoms. The van der Waals surface area contributed by atoms with Crippen molar-refractivity contribution in [2.24, 2.45) is 0 Å². The molecule has 4 rings (SSSR count). The van der Waals surface area contributed by atoms with Gasteiger partial charge in [0.05, 0.1) is 26.2 Å². The van der Waals surface area contributed by atoms with Crippen LogP contribution in [0.5, 0.6) is 11.5 Å². The Morgan fingerprint density at radius 2 is 1.89 bits per heavy atom. The van der Waals surface area contributed by atoms with E-state index in [1.807, 2.05) is 25.1 Å². The monoisotopic (exact) mass is 684 g/mol. The van der Waals surface area contributed by atoms with Gasteiger partial charge in [0.1, 0.15) is 6.61 Å². The van der Waals surface area contributed by atoms with E-state index in [4.69, 9.17) is 44.9 Å². The Morgan fingerprint density at radius 1 is 1.16 bits per heavy atom. The quantitative estimate of drug-likeness (QED) is 0.164. The second-order valence-electron chi connectivity index (χ2n) is 7.89. The van der Waals surface area contributed by atoms with Gasteiger partial charge >= 0.3 is 0 Å². The van der Waals surface area contributed by atoms with E-state index < -0.39 is 11.8 Å². The van der Waals surface area contributed by atoms with Crippen LogP contribution >= 0.6 is 69.8 Å². The molecule has 0 saturated carbocycles. The number of nitrogens with one attached hydrogen (secondary N) is 1. The standard InChI is InChI=1S/C26H19Cl2IN2O4S2/c1-14-3-8-18(19(28)9-14)24(32)30-31-25(33)22(37-26(31)36)12-16-10-20(29)23(21(11-16)34-2)35-13-15-4-6-17(27)7-5-15/h3-12H,13H2,1-2H3,(H,30,32)/b22-12+. The van der Waals surface area contributed by atoms with Crippen molar-refractivity contribution in [3.8, 4) is 11.5 Å². The van der Waals surface area contributed by atoms with E-state index in [-0.39, 0.29) is 9.88 Å². The summed E-state index contributed by atoms with van der Waals surface area (Å²) >= 11 is 20.7. The first-order valence-corrected chi connectivity index (χ1v) is 13.8. The minimum absolute atomic E-state index is 0.206. The number of carbonyl (C=O) groups excluding carboxylic acids is 2. The molecule has 0 atom stereocenters. The third kappa shape index (κ3) is 6.58. The number of hydrogen-bond donors (Lipinski definition) is 1. The maximum Gasteiger partial charge on any atom is 0.285 e. The first-order chi connectivity index (χ1) is 17.7. The number of amides is 2. The number of ether oxygens (including phenoxy) is 2. The van der Waals surface area contributed by atoms with E-state index in [0.29, 0.717) is 38.6 Å². The predicted octanol–water partition coefficient (Wildman–Crippen LogP) is 7.04. The molecule has 1 heterocycles. The Kier molecular flexibility index (Phi) is 9.02. The molecule has 6 nitrogen and oxygen atoms in total. The summed E-state index contributed by atoms with van der Waals surface area (Å²) in [5.41, 5.74) is 5.40. The second-order valence-corrected chi connectivity index (χ2v) is 11.6. The van der Waals surface area contributed by atoms with Gasteiger partial charge in [-0.3, -0.25) is 15.0 Å². The summed E-state index contributed by atoms with van der Waals surface area (Å²) < 4.78 is 12.6. The fourth-order valence-electron chi connectivity index (χ4n) is 3.38. The summed E-state index contributed by atoms with van der Waals surface area (Å²) in [7, 11) is 1.55. The maximum absolute atomic E-state index is 13.1. The number of hydrazine groups is 1. The summed E-state index contributed by atoms with van der Waals surface area (Å²) in [4.78, 5) is 26.1. The van der Waals surface area contributed by atoms with E-state index in [1.54, 1.807) is 49.6 Å². The third-order valence-corrected chi connectivity index (χ3v) is 7.89. The summed E-state index contributed by atoms with van der Waals surface area (Å²) in [6, 6.07) is 16.1. The van der Waals surface area contributed by atoms with Crippen LogP contribution in [-0.2, 0) is 11.4 Å². The van der Waals surface area contributed by atoms with Gasteiger partial charge in [-0.15, -0.1) is 0 Å². The molecule has 1 fully saturated rings. The van der Waals surface area contributed by atoms with Gasteiger partial charge in [0, 0.05) is 5.02 Å². The lowest BCUT2D eigenvalue weighted by Gasteiger charge is -2.16. The molecule has 0 aliphatic carbocycles. The Balaban J connectivity index is 1.51. The van der Waals surface area contributed by atoms with Crippen LogP contribution in [0.15, 0.2) is 59.5 Å². The fraction of sp³-hybridized carbons (Fsp3) is 0.115. The number of carbonyl (C=O) groups is 2. The summed E-state index contributed by atoms with van der Waals surface area (Å²) in [6.45, 7) is 2.21. The third-order valence-electron chi connectivity index (χ3n) is 5.22. The predicted molar refractivity (Wildman–Crippen MR) is 160 cm³/mol. The number of nitrogens with zero attached hydrogens (tertiary/aromatic N) is 1. The molecule has 1 N–H and O–H groups in total. The zero-order valence-corrected chi connectivity index (χ0v) is 24.8. The molecule has 11 heteroatoms. The number of halogens is 3. The van der Waals surface area contributed by atoms with Crippen LogP contribution in [0, 0.1) is 10.5 Å². The van der Waals surface area contributed by atoms with Crippen molar-refractivity contribution in [2.75, 3.05) is 7.11 Å². The van der Waals surface area contributed by atoms with Crippen LogP contribution in [-0.4, -0.2) is 28.3 Å². The van der Waals surface area contributed by atoms with Crippen LogP contribution in [0.25, 0.3) is 6.08 Å². The highest BCUT2D eigenvalue weighted by Gasteiger charge is 2.34. The van der Waals surface area contributed by atoms with Crippen molar-refractivity contribution in [3.63, 3.8) is 0 Å². The highest BCUT2D eigenvalue weighted by molar-refractivity contribution is 14.1. The molecule has 1 saturated heterocycles. The summed E-state index contributed by atoms with van der Waals surface area (Å²) in [5.74, 6) is 0.138. The van der Waals surface area contributed by atoms with Crippen LogP contribution in [0.4, 0.5) is 0 Å². The van der Waals surface area contributed by atoms with Gasteiger partial charge in [-0.2, -0.15) is 5.01 Å². The maximum atomic E-state index is 13.1. The van der Waals surface area contributed by atoms with Crippen LogP contribution in [0.2, 0.25) is 10.0 Å². The zero-order chi connectivity index (χ0) is 26.7. The first kappa shape index (κ1) is 27.7. The molecule has 37 heavy (non-hydrogen) atoms. The average molecular weight is 685 g/mol. The number of thioether (sulfide) groups is 1. The number of methoxy groups -OCH3 is 1. The van der Waals surface area contributed by atoms with Gasteiger partial charge in [0.25, 0.3) is 11.8 Å². The van der Waals surface area contributed by atoms with Crippen molar-refractivity contribution < 1.29 is 19.1 Å². The van der Waals surface area contributed by atoms with Gasteiger partial charge in [0.15, 0.2) is 15.8 Å². The number of aryl methyl sites for hydroxylation is 1. The average Bonchev–Trinajstić information content (AvgIpc) is 3.11. The van der Waals surface area contributed by atoms with Crippen molar-refractivity contribution >= 4 is 92.0 Å². The van der Waals surface area contributed by atoms with E-state index in [2.05, 4.69) is 28.0 Å². The second kappa shape index (κ2) is 12.0. The largest absolute Gasteiger partial charge is 0.493 e. The molecule has 2 amide bonds. The lowest BCUT2D eigenvalue weighted by Crippen LogP contribution is -2.44. The van der Waals surface area contributed by atoms with Gasteiger partial charge in [0.2, 0.25) is 0 Å². The number of hydrogen-bond acceptors (Lipinski definition) is 6. The number of rotatable bonds is 7. The smallest absolute Gasteiger partial charge is 0.285 e. The number of thiocarbonyl (C=S) groups is 1. The van der Waals surface area contributed by atoms with Crippen LogP contribution in [0.1, 0.15) is 27.0 Å². The molecule has 1 aliphatic rings. The van der Waals surface area contributed by atoms with Crippen molar-refractivity contribution in [2.45, 2.75) is 13.5 Å². The van der Waals surface area contributed by atoms with Crippen molar-refractivity contribution in [3.05, 3.63) is 95.4 Å². The van der Waals surface area contributed by atoms with Crippen LogP contribution < -0.4 is 14.9 Å². The Labute approximate surface area is 247 Å². The van der Waals surface area contributed by atoms with E-state index >= 15 is 0 Å². The molecule has 0 radical (unpaired) electrons. The van der Waals surface area contributed by atoms with Crippen LogP contribution in [0.3, 0.4) is 0 Å². The van der Waals surface area contributed by atoms with Gasteiger partial charge in [-0.25, -0.2) is 0 Å². The highest BCUT2D eigenvalue weighted by Crippen LogP contribution is 2.37. The first-order valence-electron chi connectivity index (χ1n) is 10.8. The summed E-state index contributed by atoms with van der Waals surface area (Å²) in [5, 5.41) is 2.00. The molecule has 3 aromatic rings. The van der Waals surface area contributed by atoms with E-state index in [1.165, 1.54) is 0 Å². The molecule has 0 unspecified atom stereocenters. The Bertz CT molecular complexity index is 1430. The van der Waals surface area contributed by atoms with Gasteiger partial charge < -0.3 is 9.47 Å². The minimum atomic E-state index is -0.527. The lowest BCUT2D eigenvalue weighted by molar-refractivity contribution is -0.123. The lowest BCUT2D eigenvalue weighted by atomic mass is 10.1. The zero-order valence-electron chi connectivity index (χ0n) is 19.5. The normalized spacial score (nSPS) is 14.3. The molecule has 0 aromatic heterocycles. The summed E-state index contributed by atoms with van der Waals surface area (Å²) in [6.07, 6.45) is 1.69. The van der Waals surface area contributed by atoms with Gasteiger partial charge in [-0.1, -0.05) is 53.2 Å². The minimum Gasteiger partial charge on any atom is -0.493 e. The molecular formula is C26H19Cl2IN2O4S2. The topological polar surface area (TPSA) is 67.9 Å². The molecule has 0 bridgehead atoms.